The molecule has 0 bridgehead atoms. The molecule has 2 N–H and O–H groups in total. The van der Waals surface area contributed by atoms with Gasteiger partial charge in [0.15, 0.2) is 5.82 Å². The third-order valence-corrected chi connectivity index (χ3v) is 8.55. The zero-order valence-electron chi connectivity index (χ0n) is 24.7. The Morgan fingerprint density at radius 3 is 2.57 bits per heavy atom. The lowest BCUT2D eigenvalue weighted by Gasteiger charge is -2.30. The first-order chi connectivity index (χ1) is 21.2. The van der Waals surface area contributed by atoms with Gasteiger partial charge in [-0.3, -0.25) is 14.3 Å². The SMILES string of the molecule is CN(C)C(=O)c1cc2c(-c3cc(F)c(N4CCNCC4)cc3Cl)cc(C3=CCCN(C(=O)CCn4cccn4)C3)c(F)c2[nH]1. The van der Waals surface area contributed by atoms with Gasteiger partial charge in [-0.25, -0.2) is 8.78 Å². The Kier molecular flexibility index (Phi) is 8.42. The third kappa shape index (κ3) is 5.81. The maximum Gasteiger partial charge on any atom is 0.269 e. The number of halogens is 3. The molecule has 12 heteroatoms. The first kappa shape index (κ1) is 29.8. The molecule has 1 saturated heterocycles. The highest BCUT2D eigenvalue weighted by atomic mass is 35.5. The Morgan fingerprint density at radius 2 is 1.84 bits per heavy atom. The van der Waals surface area contributed by atoms with Crippen LogP contribution < -0.4 is 10.2 Å². The van der Waals surface area contributed by atoms with E-state index in [0.717, 1.165) is 13.1 Å². The zero-order chi connectivity index (χ0) is 31.0. The Labute approximate surface area is 259 Å². The molecular weight excluding hydrogens is 588 g/mol. The molecule has 2 aliphatic rings. The van der Waals surface area contributed by atoms with Gasteiger partial charge in [0.25, 0.3) is 5.91 Å². The third-order valence-electron chi connectivity index (χ3n) is 8.24. The van der Waals surface area contributed by atoms with Crippen LogP contribution in [0, 0.1) is 11.6 Å². The van der Waals surface area contributed by atoms with E-state index in [9.17, 15) is 9.59 Å². The van der Waals surface area contributed by atoms with Gasteiger partial charge in [-0.15, -0.1) is 0 Å². The van der Waals surface area contributed by atoms with Crippen LogP contribution >= 0.6 is 11.6 Å². The fraction of sp³-hybridized carbons (Fsp3) is 0.344. The van der Waals surface area contributed by atoms with Crippen molar-refractivity contribution >= 4 is 45.6 Å². The number of benzene rings is 2. The van der Waals surface area contributed by atoms with Crippen LogP contribution in [0.4, 0.5) is 14.5 Å². The number of aromatic nitrogens is 3. The quantitative estimate of drug-likeness (QED) is 0.310. The van der Waals surface area contributed by atoms with Crippen LogP contribution in [-0.2, 0) is 11.3 Å². The Balaban J connectivity index is 1.41. The second kappa shape index (κ2) is 12.4. The molecule has 0 saturated carbocycles. The summed E-state index contributed by atoms with van der Waals surface area (Å²) in [6, 6.07) is 8.04. The lowest BCUT2D eigenvalue weighted by molar-refractivity contribution is -0.131. The number of H-pyrrole nitrogens is 1. The second-order valence-corrected chi connectivity index (χ2v) is 11.7. The van der Waals surface area contributed by atoms with Gasteiger partial charge in [-0.1, -0.05) is 17.7 Å². The molecule has 0 radical (unpaired) electrons. The monoisotopic (exact) mass is 621 g/mol. The topological polar surface area (TPSA) is 89.5 Å². The minimum Gasteiger partial charge on any atom is -0.367 e. The smallest absolute Gasteiger partial charge is 0.269 e. The van der Waals surface area contributed by atoms with Gasteiger partial charge in [-0.2, -0.15) is 5.10 Å². The molecule has 0 atom stereocenters. The number of rotatable bonds is 7. The van der Waals surface area contributed by atoms with E-state index >= 15 is 8.78 Å². The van der Waals surface area contributed by atoms with Crippen molar-refractivity contribution in [1.29, 1.82) is 0 Å². The molecule has 1 fully saturated rings. The number of hydrogen-bond donors (Lipinski definition) is 2. The standard InChI is InChI=1S/C32H34ClF2N7O2/c1-39(2)32(44)27-17-24-22(23-16-26(34)28(18-25(23)33)40-13-8-36-9-14-40)15-21(30(35)31(24)38-27)20-5-3-10-41(19-20)29(43)6-12-42-11-4-7-37-42/h4-5,7,11,15-18,36,38H,3,6,8-10,12-14,19H2,1-2H3. The van der Waals surface area contributed by atoms with Gasteiger partial charge in [-0.05, 0) is 47.9 Å². The largest absolute Gasteiger partial charge is 0.367 e. The van der Waals surface area contributed by atoms with Crippen LogP contribution in [0.25, 0.3) is 27.6 Å². The number of nitrogens with one attached hydrogen (secondary N) is 2. The van der Waals surface area contributed by atoms with Crippen LogP contribution in [0.15, 0.2) is 48.8 Å². The summed E-state index contributed by atoms with van der Waals surface area (Å²) in [7, 11) is 3.23. The molecule has 230 valence electrons. The number of hydrogen-bond acceptors (Lipinski definition) is 5. The molecule has 2 aromatic carbocycles. The summed E-state index contributed by atoms with van der Waals surface area (Å²) >= 11 is 6.83. The predicted octanol–water partition coefficient (Wildman–Crippen LogP) is 4.78. The Hall–Kier alpha value is -4.22. The van der Waals surface area contributed by atoms with Crippen LogP contribution in [-0.4, -0.2) is 89.7 Å². The van der Waals surface area contributed by atoms with Crippen molar-refractivity contribution < 1.29 is 18.4 Å². The summed E-state index contributed by atoms with van der Waals surface area (Å²) in [6.07, 6.45) is 6.21. The average molecular weight is 622 g/mol. The molecular formula is C32H34ClF2N7O2. The molecule has 2 aliphatic heterocycles. The number of amides is 2. The van der Waals surface area contributed by atoms with E-state index in [2.05, 4.69) is 15.4 Å². The predicted molar refractivity (Wildman–Crippen MR) is 168 cm³/mol. The number of carbonyl (C=O) groups excluding carboxylic acids is 2. The summed E-state index contributed by atoms with van der Waals surface area (Å²) in [5, 5.41) is 8.14. The van der Waals surface area contributed by atoms with Gasteiger partial charge >= 0.3 is 0 Å². The normalized spacial score (nSPS) is 15.5. The van der Waals surface area contributed by atoms with Crippen LogP contribution in [0.5, 0.6) is 0 Å². The lowest BCUT2D eigenvalue weighted by atomic mass is 9.93. The van der Waals surface area contributed by atoms with E-state index in [-0.39, 0.29) is 41.6 Å². The number of aryl methyl sites for hydroxylation is 1. The van der Waals surface area contributed by atoms with Gasteiger partial charge in [0, 0.05) is 95.2 Å². The van der Waals surface area contributed by atoms with Crippen LogP contribution in [0.2, 0.25) is 5.02 Å². The van der Waals surface area contributed by atoms with E-state index in [1.165, 1.54) is 11.0 Å². The van der Waals surface area contributed by atoms with E-state index in [1.54, 1.807) is 60.3 Å². The highest BCUT2D eigenvalue weighted by Gasteiger charge is 2.26. The zero-order valence-corrected chi connectivity index (χ0v) is 25.4. The minimum atomic E-state index is -0.548. The summed E-state index contributed by atoms with van der Waals surface area (Å²) in [5.41, 5.74) is 2.51. The van der Waals surface area contributed by atoms with Crippen molar-refractivity contribution in [3.8, 4) is 11.1 Å². The molecule has 4 heterocycles. The van der Waals surface area contributed by atoms with Crippen molar-refractivity contribution in [2.45, 2.75) is 19.4 Å². The highest BCUT2D eigenvalue weighted by Crippen LogP contribution is 2.41. The van der Waals surface area contributed by atoms with Crippen molar-refractivity contribution in [3.63, 3.8) is 0 Å². The van der Waals surface area contributed by atoms with Crippen molar-refractivity contribution in [2.75, 3.05) is 58.3 Å². The molecule has 6 rings (SSSR count). The molecule has 44 heavy (non-hydrogen) atoms. The van der Waals surface area contributed by atoms with Crippen LogP contribution in [0.3, 0.4) is 0 Å². The van der Waals surface area contributed by atoms with Crippen molar-refractivity contribution in [3.05, 3.63) is 76.7 Å². The maximum atomic E-state index is 16.3. The van der Waals surface area contributed by atoms with E-state index in [0.29, 0.717) is 65.4 Å². The molecule has 0 aliphatic carbocycles. The molecule has 2 aromatic heterocycles. The summed E-state index contributed by atoms with van der Waals surface area (Å²) in [6.45, 7) is 3.97. The Morgan fingerprint density at radius 1 is 1.05 bits per heavy atom. The van der Waals surface area contributed by atoms with Gasteiger partial charge in [0.05, 0.1) is 16.2 Å². The highest BCUT2D eigenvalue weighted by molar-refractivity contribution is 6.34. The van der Waals surface area contributed by atoms with Crippen molar-refractivity contribution in [1.82, 2.24) is 29.9 Å². The number of fused-ring (bicyclic) bond motifs is 1. The van der Waals surface area contributed by atoms with Crippen LogP contribution in [0.1, 0.15) is 28.9 Å². The number of piperazine rings is 1. The fourth-order valence-electron chi connectivity index (χ4n) is 5.92. The number of carbonyl (C=O) groups is 2. The molecule has 9 nitrogen and oxygen atoms in total. The van der Waals surface area contributed by atoms with Gasteiger partial charge in [0.1, 0.15) is 11.5 Å². The van der Waals surface area contributed by atoms with Gasteiger partial charge in [0.2, 0.25) is 5.91 Å². The maximum absolute atomic E-state index is 16.3. The number of aromatic amines is 1. The molecule has 2 amide bonds. The summed E-state index contributed by atoms with van der Waals surface area (Å²) in [4.78, 5) is 34.0. The average Bonchev–Trinajstić information content (AvgIpc) is 3.72. The first-order valence-corrected chi connectivity index (χ1v) is 15.1. The molecule has 0 unspecified atom stereocenters. The minimum absolute atomic E-state index is 0.0554. The van der Waals surface area contributed by atoms with Gasteiger partial charge < -0.3 is 25.0 Å². The molecule has 4 aromatic rings. The summed E-state index contributed by atoms with van der Waals surface area (Å²) in [5.74, 6) is -1.37. The number of anilines is 1. The van der Waals surface area contributed by atoms with Crippen molar-refractivity contribution in [2.24, 2.45) is 0 Å². The summed E-state index contributed by atoms with van der Waals surface area (Å²) < 4.78 is 33.7. The fourth-order valence-corrected chi connectivity index (χ4v) is 6.18. The van der Waals surface area contributed by atoms with E-state index in [4.69, 9.17) is 11.6 Å². The van der Waals surface area contributed by atoms with E-state index < -0.39 is 11.6 Å². The number of nitrogens with zero attached hydrogens (tertiary/aromatic N) is 5. The van der Waals surface area contributed by atoms with E-state index in [1.807, 2.05) is 11.0 Å². The first-order valence-electron chi connectivity index (χ1n) is 14.7. The molecule has 0 spiro atoms. The Bertz CT molecular complexity index is 1740. The lowest BCUT2D eigenvalue weighted by Crippen LogP contribution is -2.43. The second-order valence-electron chi connectivity index (χ2n) is 11.3.